The molecule has 2 N–H and O–H groups in total. The molecule has 2 amide bonds. The lowest BCUT2D eigenvalue weighted by atomic mass is 10.1. The van der Waals surface area contributed by atoms with Gasteiger partial charge in [-0.3, -0.25) is 9.59 Å². The minimum atomic E-state index is -0.253. The molecule has 5 rings (SSSR count). The van der Waals surface area contributed by atoms with Crippen molar-refractivity contribution in [3.63, 3.8) is 0 Å². The number of nitrogens with one attached hydrogen (secondary N) is 2. The van der Waals surface area contributed by atoms with Gasteiger partial charge in [0.1, 0.15) is 16.4 Å². The van der Waals surface area contributed by atoms with Crippen LogP contribution in [0.25, 0.3) is 11.3 Å². The summed E-state index contributed by atoms with van der Waals surface area (Å²) in [6.07, 6.45) is 0.852. The Kier molecular flexibility index (Phi) is 5.93. The molecule has 1 fully saturated rings. The van der Waals surface area contributed by atoms with E-state index in [2.05, 4.69) is 21.7 Å². The maximum atomic E-state index is 12.9. The van der Waals surface area contributed by atoms with Crippen LogP contribution in [-0.2, 0) is 4.79 Å². The van der Waals surface area contributed by atoms with E-state index in [9.17, 15) is 9.59 Å². The van der Waals surface area contributed by atoms with Gasteiger partial charge in [0.15, 0.2) is 5.13 Å². The van der Waals surface area contributed by atoms with Crippen LogP contribution in [0.5, 0.6) is 5.75 Å². The first-order chi connectivity index (χ1) is 16.1. The van der Waals surface area contributed by atoms with E-state index >= 15 is 0 Å². The fourth-order valence-electron chi connectivity index (χ4n) is 3.67. The Bertz CT molecular complexity index is 1270. The topological polar surface area (TPSA) is 80.3 Å². The van der Waals surface area contributed by atoms with Gasteiger partial charge in [-0.2, -0.15) is 0 Å². The lowest BCUT2D eigenvalue weighted by Gasteiger charge is -2.06. The molecule has 1 aliphatic carbocycles. The number of thiazole rings is 1. The molecule has 2 atom stereocenters. The van der Waals surface area contributed by atoms with Crippen LogP contribution < -0.4 is 15.4 Å². The summed E-state index contributed by atoms with van der Waals surface area (Å²) >= 11 is 2.94. The number of rotatable bonds is 7. The Morgan fingerprint density at radius 1 is 1.00 bits per heavy atom. The SMILES string of the molecule is COc1ccc(C(=O)Nc2sc(NC(=O)C3CC3c3cccs3)nc2-c2ccccc2)cc1. The van der Waals surface area contributed by atoms with Crippen molar-refractivity contribution < 1.29 is 14.3 Å². The zero-order chi connectivity index (χ0) is 22.8. The first kappa shape index (κ1) is 21.4. The first-order valence-electron chi connectivity index (χ1n) is 10.5. The molecule has 33 heavy (non-hydrogen) atoms. The van der Waals surface area contributed by atoms with Crippen molar-refractivity contribution in [2.45, 2.75) is 12.3 Å². The van der Waals surface area contributed by atoms with E-state index in [0.717, 1.165) is 12.0 Å². The second kappa shape index (κ2) is 9.17. The molecule has 8 heteroatoms. The second-order valence-electron chi connectivity index (χ2n) is 7.70. The molecule has 2 aromatic heterocycles. The quantitative estimate of drug-likeness (QED) is 0.350. The van der Waals surface area contributed by atoms with E-state index in [1.807, 2.05) is 41.8 Å². The molecule has 6 nitrogen and oxygen atoms in total. The highest BCUT2D eigenvalue weighted by Crippen LogP contribution is 2.49. The molecule has 2 aromatic carbocycles. The summed E-state index contributed by atoms with van der Waals surface area (Å²) in [7, 11) is 1.58. The van der Waals surface area contributed by atoms with Crippen molar-refractivity contribution in [2.75, 3.05) is 17.7 Å². The second-order valence-corrected chi connectivity index (χ2v) is 9.68. The third-order valence-electron chi connectivity index (χ3n) is 5.52. The van der Waals surface area contributed by atoms with E-state index in [1.54, 1.807) is 42.7 Å². The van der Waals surface area contributed by atoms with E-state index < -0.39 is 0 Å². The number of carbonyl (C=O) groups excluding carboxylic acids is 2. The van der Waals surface area contributed by atoms with Crippen LogP contribution >= 0.6 is 22.7 Å². The van der Waals surface area contributed by atoms with Crippen LogP contribution in [-0.4, -0.2) is 23.9 Å². The fourth-order valence-corrected chi connectivity index (χ4v) is 5.46. The number of ether oxygens (including phenoxy) is 1. The largest absolute Gasteiger partial charge is 0.497 e. The molecule has 2 heterocycles. The molecule has 4 aromatic rings. The standard InChI is InChI=1S/C25H21N3O3S2/c1-31-17-11-9-16(10-12-17)22(29)27-24-21(15-6-3-2-4-7-15)26-25(33-24)28-23(30)19-14-18(19)20-8-5-13-32-20/h2-13,18-19H,14H2,1H3,(H,27,29)(H,26,28,30). The molecule has 1 saturated carbocycles. The van der Waals surface area contributed by atoms with Gasteiger partial charge in [0.25, 0.3) is 5.91 Å². The monoisotopic (exact) mass is 475 g/mol. The van der Waals surface area contributed by atoms with Gasteiger partial charge in [-0.15, -0.1) is 11.3 Å². The van der Waals surface area contributed by atoms with Crippen LogP contribution in [0.1, 0.15) is 27.6 Å². The Morgan fingerprint density at radius 2 is 1.79 bits per heavy atom. The van der Waals surface area contributed by atoms with E-state index in [4.69, 9.17) is 4.74 Å². The Labute approximate surface area is 199 Å². The lowest BCUT2D eigenvalue weighted by molar-refractivity contribution is -0.117. The van der Waals surface area contributed by atoms with Gasteiger partial charge in [-0.25, -0.2) is 4.98 Å². The third kappa shape index (κ3) is 4.67. The number of hydrogen-bond acceptors (Lipinski definition) is 6. The summed E-state index contributed by atoms with van der Waals surface area (Å²) in [5.74, 6) is 0.643. The third-order valence-corrected chi connectivity index (χ3v) is 7.41. The number of amides is 2. The molecule has 0 radical (unpaired) electrons. The number of nitrogens with zero attached hydrogens (tertiary/aromatic N) is 1. The normalized spacial score (nSPS) is 16.8. The van der Waals surface area contributed by atoms with E-state index in [0.29, 0.717) is 27.1 Å². The van der Waals surface area contributed by atoms with Crippen molar-refractivity contribution >= 4 is 44.6 Å². The van der Waals surface area contributed by atoms with Gasteiger partial charge in [0.2, 0.25) is 5.91 Å². The van der Waals surface area contributed by atoms with Gasteiger partial charge in [0.05, 0.1) is 7.11 Å². The molecule has 0 bridgehead atoms. The number of anilines is 2. The van der Waals surface area contributed by atoms with Crippen molar-refractivity contribution in [3.05, 3.63) is 82.6 Å². The average molecular weight is 476 g/mol. The molecule has 166 valence electrons. The van der Waals surface area contributed by atoms with Gasteiger partial charge >= 0.3 is 0 Å². The summed E-state index contributed by atoms with van der Waals surface area (Å²) < 4.78 is 5.16. The Balaban J connectivity index is 1.36. The van der Waals surface area contributed by atoms with Crippen molar-refractivity contribution in [1.29, 1.82) is 0 Å². The number of benzene rings is 2. The molecule has 1 aliphatic rings. The number of methoxy groups -OCH3 is 1. The van der Waals surface area contributed by atoms with Gasteiger partial charge in [-0.05, 0) is 42.1 Å². The number of hydrogen-bond donors (Lipinski definition) is 2. The summed E-state index contributed by atoms with van der Waals surface area (Å²) in [5, 5.41) is 9.01. The van der Waals surface area contributed by atoms with Gasteiger partial charge in [0, 0.05) is 27.8 Å². The maximum Gasteiger partial charge on any atom is 0.256 e. The maximum absolute atomic E-state index is 12.9. The smallest absolute Gasteiger partial charge is 0.256 e. The highest BCUT2D eigenvalue weighted by Gasteiger charge is 2.44. The molecule has 0 saturated heterocycles. The Morgan fingerprint density at radius 3 is 2.48 bits per heavy atom. The highest BCUT2D eigenvalue weighted by atomic mass is 32.1. The predicted octanol–water partition coefficient (Wildman–Crippen LogP) is 5.87. The zero-order valence-corrected chi connectivity index (χ0v) is 19.4. The molecule has 2 unspecified atom stereocenters. The van der Waals surface area contributed by atoms with E-state index in [-0.39, 0.29) is 23.7 Å². The first-order valence-corrected chi connectivity index (χ1v) is 12.2. The summed E-state index contributed by atoms with van der Waals surface area (Å²) in [4.78, 5) is 31.6. The molecule has 0 aliphatic heterocycles. The van der Waals surface area contributed by atoms with Gasteiger partial charge < -0.3 is 15.4 Å². The number of aromatic nitrogens is 1. The number of thiophene rings is 1. The zero-order valence-electron chi connectivity index (χ0n) is 17.8. The minimum absolute atomic E-state index is 0.0326. The lowest BCUT2D eigenvalue weighted by Crippen LogP contribution is -2.14. The van der Waals surface area contributed by atoms with Crippen LogP contribution in [0.15, 0.2) is 72.1 Å². The average Bonchev–Trinajstić information content (AvgIpc) is 3.27. The summed E-state index contributed by atoms with van der Waals surface area (Å²) in [6.45, 7) is 0. The molecule has 0 spiro atoms. The van der Waals surface area contributed by atoms with E-state index in [1.165, 1.54) is 16.2 Å². The van der Waals surface area contributed by atoms with Crippen molar-refractivity contribution in [3.8, 4) is 17.0 Å². The van der Waals surface area contributed by atoms with Crippen LogP contribution in [0.3, 0.4) is 0 Å². The predicted molar refractivity (Wildman–Crippen MR) is 132 cm³/mol. The van der Waals surface area contributed by atoms with Crippen molar-refractivity contribution in [1.82, 2.24) is 4.98 Å². The highest BCUT2D eigenvalue weighted by molar-refractivity contribution is 7.20. The molecular formula is C25H21N3O3S2. The van der Waals surface area contributed by atoms with Crippen LogP contribution in [0, 0.1) is 5.92 Å². The minimum Gasteiger partial charge on any atom is -0.497 e. The van der Waals surface area contributed by atoms with Crippen LogP contribution in [0.4, 0.5) is 10.1 Å². The summed E-state index contributed by atoms with van der Waals surface area (Å²) in [5.41, 5.74) is 2.00. The fraction of sp³-hybridized carbons (Fsp3) is 0.160. The van der Waals surface area contributed by atoms with Crippen LogP contribution in [0.2, 0.25) is 0 Å². The summed E-state index contributed by atoms with van der Waals surface area (Å²) in [6, 6.07) is 20.6. The molecular weight excluding hydrogens is 454 g/mol. The van der Waals surface area contributed by atoms with Crippen molar-refractivity contribution in [2.24, 2.45) is 5.92 Å². The number of carbonyl (C=O) groups is 2. The van der Waals surface area contributed by atoms with Gasteiger partial charge in [-0.1, -0.05) is 47.7 Å². The Hall–Kier alpha value is -3.49.